The van der Waals surface area contributed by atoms with Gasteiger partial charge >= 0.3 is 17.9 Å². The van der Waals surface area contributed by atoms with Crippen LogP contribution < -0.4 is 4.74 Å². The lowest BCUT2D eigenvalue weighted by molar-refractivity contribution is -0.296. The summed E-state index contributed by atoms with van der Waals surface area (Å²) in [5, 5.41) is 123. The van der Waals surface area contributed by atoms with Crippen LogP contribution in [0.25, 0.3) is 12.2 Å². The second-order valence-corrected chi connectivity index (χ2v) is 13.9. The number of carbonyl (C=O) groups is 3. The number of ether oxygens (including phenoxy) is 7. The highest BCUT2D eigenvalue weighted by atomic mass is 16.7. The van der Waals surface area contributed by atoms with Crippen LogP contribution in [0.5, 0.6) is 40.2 Å². The molecule has 2 fully saturated rings. The molecule has 3 aromatic rings. The van der Waals surface area contributed by atoms with Crippen molar-refractivity contribution in [1.29, 1.82) is 0 Å². The molecule has 2 saturated heterocycles. The summed E-state index contributed by atoms with van der Waals surface area (Å²) in [5.74, 6) is -6.53. The Morgan fingerprint density at radius 2 is 1.26 bits per heavy atom. The lowest BCUT2D eigenvalue weighted by atomic mass is 9.98. The molecule has 0 spiro atoms. The average molecular weight is 862 g/mol. The number of rotatable bonds is 13. The molecule has 6 rings (SSSR count). The van der Waals surface area contributed by atoms with Crippen LogP contribution in [0.4, 0.5) is 0 Å². The Morgan fingerprint density at radius 1 is 0.672 bits per heavy atom. The first-order valence-electron chi connectivity index (χ1n) is 18.2. The molecule has 11 unspecified atom stereocenters. The van der Waals surface area contributed by atoms with Gasteiger partial charge in [-0.2, -0.15) is 0 Å². The molecule has 3 aromatic carbocycles. The summed E-state index contributed by atoms with van der Waals surface area (Å²) < 4.78 is 37.9. The first-order chi connectivity index (χ1) is 28.9. The van der Waals surface area contributed by atoms with E-state index in [1.807, 2.05) is 0 Å². The molecule has 0 bridgehead atoms. The molecule has 22 heteroatoms. The van der Waals surface area contributed by atoms with E-state index in [0.29, 0.717) is 5.56 Å². The number of aromatic hydroxyl groups is 6. The fourth-order valence-electron chi connectivity index (χ4n) is 6.35. The van der Waals surface area contributed by atoms with Crippen LogP contribution in [0.2, 0.25) is 0 Å². The Kier molecular flexibility index (Phi) is 13.4. The van der Waals surface area contributed by atoms with E-state index in [1.165, 1.54) is 42.5 Å². The van der Waals surface area contributed by atoms with Crippen LogP contribution in [-0.4, -0.2) is 159 Å². The summed E-state index contributed by atoms with van der Waals surface area (Å²) in [6, 6.07) is 9.60. The van der Waals surface area contributed by atoms with Crippen LogP contribution in [0.1, 0.15) is 29.2 Å². The van der Waals surface area contributed by atoms with Crippen LogP contribution in [0.3, 0.4) is 0 Å². The van der Waals surface area contributed by atoms with E-state index in [0.717, 1.165) is 24.3 Å². The van der Waals surface area contributed by atoms with Crippen LogP contribution in [0, 0.1) is 0 Å². The van der Waals surface area contributed by atoms with Crippen LogP contribution >= 0.6 is 0 Å². The highest BCUT2D eigenvalue weighted by Crippen LogP contribution is 2.47. The summed E-state index contributed by atoms with van der Waals surface area (Å²) in [4.78, 5) is 35.2. The lowest BCUT2D eigenvalue weighted by Gasteiger charge is -2.41. The normalized spacial score (nSPS) is 28.5. The predicted octanol–water partition coefficient (Wildman–Crippen LogP) is -1.16. The number of carboxylic acids is 1. The van der Waals surface area contributed by atoms with Crippen molar-refractivity contribution < 1.29 is 109 Å². The van der Waals surface area contributed by atoms with Crippen molar-refractivity contribution in [1.82, 2.24) is 0 Å². The molecule has 3 heterocycles. The zero-order valence-electron chi connectivity index (χ0n) is 31.3. The Hall–Kier alpha value is -6.37. The van der Waals surface area contributed by atoms with Gasteiger partial charge in [-0.15, -0.1) is 0 Å². The standard InChI is InChI=1S/C39H40O22/c40-17-9-23-18(24(10-17)58-38-35(53)33(51)32(50)27(60-38)14-56-30(48)12-28(45)46)11-25(37(57-23)16-3-5-20(42)22(44)8-16)59-39-36(54)34(52)31(49)26(61-39)13-55-29(47)6-2-15-1-4-19(41)21(43)7-15/h1-11,26-27,31-44,49-54H,12-14H2,(H,45,46)/p+1. The molecule has 13 N–H and O–H groups in total. The van der Waals surface area contributed by atoms with Crippen molar-refractivity contribution in [3.05, 3.63) is 77.1 Å². The van der Waals surface area contributed by atoms with Gasteiger partial charge in [0.05, 0.1) is 11.6 Å². The van der Waals surface area contributed by atoms with Gasteiger partial charge in [-0.25, -0.2) is 4.79 Å². The van der Waals surface area contributed by atoms with Crippen molar-refractivity contribution >= 4 is 30.1 Å². The molecule has 0 amide bonds. The molecule has 3 aliphatic rings. The first-order valence-corrected chi connectivity index (χ1v) is 18.2. The maximum absolute atomic E-state index is 12.5. The number of fused-ring (bicyclic) bond motifs is 1. The average Bonchev–Trinajstić information content (AvgIpc) is 3.21. The van der Waals surface area contributed by atoms with Crippen molar-refractivity contribution in [2.45, 2.75) is 73.9 Å². The number of phenolic OH excluding ortho intramolecular Hbond substituents is 5. The highest BCUT2D eigenvalue weighted by Gasteiger charge is 2.49. The maximum Gasteiger partial charge on any atom is 0.330 e. The minimum atomic E-state index is -1.96. The minimum absolute atomic E-state index is 0.0157. The fourth-order valence-corrected chi connectivity index (χ4v) is 6.35. The van der Waals surface area contributed by atoms with Crippen molar-refractivity contribution in [3.8, 4) is 40.2 Å². The van der Waals surface area contributed by atoms with Gasteiger partial charge in [0.1, 0.15) is 85.5 Å². The highest BCUT2D eigenvalue weighted by molar-refractivity contribution is 5.90. The summed E-state index contributed by atoms with van der Waals surface area (Å²) in [6.07, 6.45) is -17.0. The molecule has 0 radical (unpaired) electrons. The summed E-state index contributed by atoms with van der Waals surface area (Å²) in [6.45, 7) is -1.45. The molecule has 0 saturated carbocycles. The number of esters is 2. The third-order valence-electron chi connectivity index (χ3n) is 9.58. The third-order valence-corrected chi connectivity index (χ3v) is 9.58. The van der Waals surface area contributed by atoms with Gasteiger partial charge in [0, 0.05) is 18.2 Å². The van der Waals surface area contributed by atoms with E-state index in [4.69, 9.17) is 33.5 Å². The molecule has 0 aromatic heterocycles. The number of hydrogen-bond acceptors (Lipinski definition) is 20. The van der Waals surface area contributed by atoms with E-state index in [-0.39, 0.29) is 34.1 Å². The fraction of sp³-hybridized carbons (Fsp3) is 0.359. The SMILES string of the molecule is O=C(O)CC(=O)OCC1OC(Oc2cc(O)cc3c2C=C(OC2OC(COC(=O)C=Cc4ccc(O)c(O)c4)C(O)C(O)C2O)C(c2ccc(O)c(O)c2)[OH+]3)C(O)C(O)C1O. The number of benzene rings is 3. The molecule has 61 heavy (non-hydrogen) atoms. The smallest absolute Gasteiger partial charge is 0.330 e. The van der Waals surface area contributed by atoms with Crippen molar-refractivity contribution in [3.63, 3.8) is 0 Å². The maximum atomic E-state index is 12.5. The number of aliphatic hydroxyl groups excluding tert-OH is 6. The molecule has 22 nitrogen and oxygen atoms in total. The van der Waals surface area contributed by atoms with Crippen molar-refractivity contribution in [2.75, 3.05) is 13.2 Å². The lowest BCUT2D eigenvalue weighted by Crippen LogP contribution is -2.60. The Bertz CT molecular complexity index is 2170. The number of hydrogen-bond donors (Lipinski definition) is 12. The molecule has 328 valence electrons. The summed E-state index contributed by atoms with van der Waals surface area (Å²) in [7, 11) is 0. The number of phenols is 5. The number of carbonyl (C=O) groups excluding carboxylic acids is 2. The second kappa shape index (κ2) is 18.5. The van der Waals surface area contributed by atoms with Gasteiger partial charge in [-0.1, -0.05) is 6.07 Å². The van der Waals surface area contributed by atoms with Crippen LogP contribution in [-0.2, 0) is 38.1 Å². The van der Waals surface area contributed by atoms with Gasteiger partial charge in [0.15, 0.2) is 28.8 Å². The molecular weight excluding hydrogens is 820 g/mol. The molecular formula is C39H41O22+. The van der Waals surface area contributed by atoms with Crippen LogP contribution in [0.15, 0.2) is 60.4 Å². The van der Waals surface area contributed by atoms with Gasteiger partial charge in [0.25, 0.3) is 11.9 Å². The Balaban J connectivity index is 1.26. The largest absolute Gasteiger partial charge is 0.571 e. The number of carboxylic acid groups (broad SMARTS) is 1. The van der Waals surface area contributed by atoms with Gasteiger partial charge in [0.2, 0.25) is 12.6 Å². The number of aliphatic hydroxyl groups is 7. The van der Waals surface area contributed by atoms with E-state index in [1.54, 1.807) is 0 Å². The molecule has 0 aliphatic carbocycles. The van der Waals surface area contributed by atoms with Crippen molar-refractivity contribution in [2.24, 2.45) is 0 Å². The third kappa shape index (κ3) is 10.2. The number of aliphatic carboxylic acids is 1. The van der Waals surface area contributed by atoms with E-state index in [2.05, 4.69) is 4.74 Å². The quantitative estimate of drug-likeness (QED) is 0.0317. The Morgan fingerprint density at radius 3 is 1.87 bits per heavy atom. The predicted molar refractivity (Wildman–Crippen MR) is 198 cm³/mol. The summed E-state index contributed by atoms with van der Waals surface area (Å²) in [5.41, 5.74) is 0.464. The summed E-state index contributed by atoms with van der Waals surface area (Å²) >= 11 is 0. The molecule has 11 atom stereocenters. The van der Waals surface area contributed by atoms with E-state index < -0.39 is 128 Å². The van der Waals surface area contributed by atoms with Gasteiger partial charge in [-0.05, 0) is 42.0 Å². The minimum Gasteiger partial charge on any atom is -0.571 e. The first kappa shape index (κ1) is 44.2. The zero-order chi connectivity index (χ0) is 44.3. The van der Waals surface area contributed by atoms with Gasteiger partial charge in [-0.3, -0.25) is 9.59 Å². The topological polar surface area (TPSA) is 362 Å². The zero-order valence-corrected chi connectivity index (χ0v) is 31.3. The van der Waals surface area contributed by atoms with Gasteiger partial charge < -0.3 is 94.4 Å². The monoisotopic (exact) mass is 861 g/mol. The van der Waals surface area contributed by atoms with E-state index >= 15 is 0 Å². The Labute approximate surface area is 343 Å². The molecule has 3 aliphatic heterocycles. The second-order valence-electron chi connectivity index (χ2n) is 13.9. The van der Waals surface area contributed by atoms with E-state index in [9.17, 15) is 70.6 Å².